The van der Waals surface area contributed by atoms with Gasteiger partial charge in [0.05, 0.1) is 0 Å². The van der Waals surface area contributed by atoms with E-state index in [-0.39, 0.29) is 17.9 Å². The summed E-state index contributed by atoms with van der Waals surface area (Å²) in [6.45, 7) is 6.56. The number of esters is 1. The van der Waals surface area contributed by atoms with E-state index in [0.29, 0.717) is 23.5 Å². The molecule has 1 saturated heterocycles. The summed E-state index contributed by atoms with van der Waals surface area (Å²) in [5.74, 6) is 1.73. The Labute approximate surface area is 157 Å². The average molecular weight is 381 g/mol. The highest BCUT2D eigenvalue weighted by Crippen LogP contribution is 2.37. The lowest BCUT2D eigenvalue weighted by Crippen LogP contribution is -2.38. The van der Waals surface area contributed by atoms with Gasteiger partial charge in [-0.25, -0.2) is 9.59 Å². The SMILES string of the molecule is CC1CC[C@@H](C(C)C)[C@H](OC(=O)[C@@H]2O[C@@H](n3ccc(N)nc3=O)CS2)C1. The molecule has 0 amide bonds. The van der Waals surface area contributed by atoms with Crippen LogP contribution in [-0.2, 0) is 14.3 Å². The molecule has 2 heterocycles. The third-order valence-electron chi connectivity index (χ3n) is 5.25. The van der Waals surface area contributed by atoms with E-state index in [0.717, 1.165) is 12.8 Å². The Balaban J connectivity index is 1.63. The number of nitrogens with two attached hydrogens (primary N) is 1. The first-order valence-corrected chi connectivity index (χ1v) is 10.2. The molecule has 1 unspecified atom stereocenters. The Bertz CT molecular complexity index is 708. The second kappa shape index (κ2) is 8.00. The molecular formula is C18H27N3O4S. The number of ether oxygens (including phenoxy) is 2. The number of hydrogen-bond donors (Lipinski definition) is 1. The van der Waals surface area contributed by atoms with Crippen LogP contribution in [0.25, 0.3) is 0 Å². The van der Waals surface area contributed by atoms with Crippen molar-refractivity contribution in [2.75, 3.05) is 11.5 Å². The molecule has 3 rings (SSSR count). The van der Waals surface area contributed by atoms with Gasteiger partial charge in [-0.15, -0.1) is 11.8 Å². The fourth-order valence-corrected chi connectivity index (χ4v) is 4.74. The van der Waals surface area contributed by atoms with E-state index in [1.807, 2.05) is 0 Å². The van der Waals surface area contributed by atoms with E-state index in [4.69, 9.17) is 15.2 Å². The van der Waals surface area contributed by atoms with E-state index in [9.17, 15) is 9.59 Å². The Morgan fingerprint density at radius 1 is 1.46 bits per heavy atom. The standard InChI is InChI=1S/C18H27N3O4S/c1-10(2)12-5-4-11(3)8-13(12)24-16(22)17-25-15(9-26-17)21-7-6-14(19)20-18(21)23/h6-7,10-13,15,17H,4-5,8-9H2,1-3H3,(H2,19,20,23)/t11?,12-,13+,15+,17+/m0/s1. The first-order chi connectivity index (χ1) is 12.3. The van der Waals surface area contributed by atoms with Crippen LogP contribution in [0.15, 0.2) is 17.1 Å². The van der Waals surface area contributed by atoms with Gasteiger partial charge >= 0.3 is 11.7 Å². The average Bonchev–Trinajstić information content (AvgIpc) is 3.04. The van der Waals surface area contributed by atoms with Crippen molar-refractivity contribution in [3.05, 3.63) is 22.7 Å². The molecule has 1 saturated carbocycles. The Hall–Kier alpha value is -1.54. The minimum Gasteiger partial charge on any atom is -0.459 e. The molecule has 1 aromatic heterocycles. The third kappa shape index (κ3) is 4.23. The zero-order chi connectivity index (χ0) is 18.8. The van der Waals surface area contributed by atoms with Crippen LogP contribution in [0.2, 0.25) is 0 Å². The van der Waals surface area contributed by atoms with Crippen LogP contribution in [0.3, 0.4) is 0 Å². The van der Waals surface area contributed by atoms with Crippen molar-refractivity contribution in [2.45, 2.75) is 57.8 Å². The minimum atomic E-state index is -0.713. The first-order valence-electron chi connectivity index (χ1n) is 9.17. The maximum atomic E-state index is 12.6. The molecule has 2 N–H and O–H groups in total. The number of carbonyl (C=O) groups excluding carboxylic acids is 1. The van der Waals surface area contributed by atoms with Gasteiger partial charge in [0.15, 0.2) is 0 Å². The summed E-state index contributed by atoms with van der Waals surface area (Å²) in [4.78, 5) is 28.3. The van der Waals surface area contributed by atoms with E-state index in [2.05, 4.69) is 25.8 Å². The fourth-order valence-electron chi connectivity index (χ4n) is 3.76. The molecule has 0 aromatic carbocycles. The molecular weight excluding hydrogens is 354 g/mol. The van der Waals surface area contributed by atoms with Gasteiger partial charge in [-0.1, -0.05) is 27.2 Å². The van der Waals surface area contributed by atoms with Gasteiger partial charge < -0.3 is 15.2 Å². The summed E-state index contributed by atoms with van der Waals surface area (Å²) in [6, 6.07) is 1.54. The quantitative estimate of drug-likeness (QED) is 0.800. The maximum Gasteiger partial charge on any atom is 0.351 e. The molecule has 0 radical (unpaired) electrons. The molecule has 144 valence electrons. The molecule has 1 aliphatic heterocycles. The monoisotopic (exact) mass is 381 g/mol. The molecule has 2 fully saturated rings. The minimum absolute atomic E-state index is 0.0598. The fraction of sp³-hybridized carbons (Fsp3) is 0.722. The molecule has 1 aromatic rings. The summed E-state index contributed by atoms with van der Waals surface area (Å²) in [5, 5.41) is 0. The van der Waals surface area contributed by atoms with E-state index in [1.165, 1.54) is 28.8 Å². The summed E-state index contributed by atoms with van der Waals surface area (Å²) in [7, 11) is 0. The maximum absolute atomic E-state index is 12.6. The van der Waals surface area contributed by atoms with Crippen LogP contribution in [0.5, 0.6) is 0 Å². The number of nitrogens with zero attached hydrogens (tertiary/aromatic N) is 2. The highest BCUT2D eigenvalue weighted by Gasteiger charge is 2.38. The number of aromatic nitrogens is 2. The first kappa shape index (κ1) is 19.2. The normalized spacial score (nSPS) is 31.9. The molecule has 0 bridgehead atoms. The topological polar surface area (TPSA) is 96.4 Å². The van der Waals surface area contributed by atoms with Gasteiger partial charge in [-0.3, -0.25) is 4.57 Å². The zero-order valence-electron chi connectivity index (χ0n) is 15.5. The molecule has 0 spiro atoms. The summed E-state index contributed by atoms with van der Waals surface area (Å²) in [6.07, 6.45) is 4.11. The van der Waals surface area contributed by atoms with Crippen molar-refractivity contribution < 1.29 is 14.3 Å². The second-order valence-electron chi connectivity index (χ2n) is 7.60. The van der Waals surface area contributed by atoms with Crippen molar-refractivity contribution in [1.82, 2.24) is 9.55 Å². The van der Waals surface area contributed by atoms with Crippen LogP contribution in [-0.4, -0.2) is 32.8 Å². The van der Waals surface area contributed by atoms with Crippen molar-refractivity contribution >= 4 is 23.5 Å². The summed E-state index contributed by atoms with van der Waals surface area (Å²) in [5.41, 5.74) is 4.32. The summed E-state index contributed by atoms with van der Waals surface area (Å²) < 4.78 is 13.0. The predicted molar refractivity (Wildman–Crippen MR) is 101 cm³/mol. The zero-order valence-corrected chi connectivity index (χ0v) is 16.3. The van der Waals surface area contributed by atoms with Crippen molar-refractivity contribution in [2.24, 2.45) is 17.8 Å². The van der Waals surface area contributed by atoms with Gasteiger partial charge in [0.1, 0.15) is 18.1 Å². The Morgan fingerprint density at radius 3 is 2.92 bits per heavy atom. The highest BCUT2D eigenvalue weighted by atomic mass is 32.2. The lowest BCUT2D eigenvalue weighted by Gasteiger charge is -2.37. The van der Waals surface area contributed by atoms with Crippen LogP contribution >= 0.6 is 11.8 Å². The molecule has 26 heavy (non-hydrogen) atoms. The molecule has 8 heteroatoms. The van der Waals surface area contributed by atoms with Crippen LogP contribution in [0, 0.1) is 17.8 Å². The third-order valence-corrected chi connectivity index (χ3v) is 6.34. The Morgan fingerprint density at radius 2 is 2.23 bits per heavy atom. The largest absolute Gasteiger partial charge is 0.459 e. The smallest absolute Gasteiger partial charge is 0.351 e. The van der Waals surface area contributed by atoms with Crippen LogP contribution < -0.4 is 11.4 Å². The number of anilines is 1. The van der Waals surface area contributed by atoms with E-state index in [1.54, 1.807) is 6.20 Å². The molecule has 2 aliphatic rings. The second-order valence-corrected chi connectivity index (χ2v) is 8.69. The number of hydrogen-bond acceptors (Lipinski definition) is 7. The van der Waals surface area contributed by atoms with E-state index < -0.39 is 17.4 Å². The van der Waals surface area contributed by atoms with Crippen molar-refractivity contribution in [3.8, 4) is 0 Å². The van der Waals surface area contributed by atoms with E-state index >= 15 is 0 Å². The molecule has 1 aliphatic carbocycles. The number of thioether (sulfide) groups is 1. The van der Waals surface area contributed by atoms with Gasteiger partial charge in [-0.2, -0.15) is 4.98 Å². The van der Waals surface area contributed by atoms with Crippen molar-refractivity contribution in [1.29, 1.82) is 0 Å². The highest BCUT2D eigenvalue weighted by molar-refractivity contribution is 8.00. The van der Waals surface area contributed by atoms with Crippen LogP contribution in [0.1, 0.15) is 46.3 Å². The van der Waals surface area contributed by atoms with Crippen molar-refractivity contribution in [3.63, 3.8) is 0 Å². The molecule has 5 atom stereocenters. The Kier molecular flexibility index (Phi) is 5.92. The number of nitrogen functional groups attached to an aromatic ring is 1. The van der Waals surface area contributed by atoms with Gasteiger partial charge in [0.2, 0.25) is 5.44 Å². The van der Waals surface area contributed by atoms with Gasteiger partial charge in [0, 0.05) is 11.9 Å². The van der Waals surface area contributed by atoms with Crippen LogP contribution in [0.4, 0.5) is 5.82 Å². The molecule has 7 nitrogen and oxygen atoms in total. The summed E-state index contributed by atoms with van der Waals surface area (Å²) >= 11 is 1.35. The number of rotatable bonds is 4. The number of carbonyl (C=O) groups is 1. The van der Waals surface area contributed by atoms with Gasteiger partial charge in [0.25, 0.3) is 0 Å². The lowest BCUT2D eigenvalue weighted by molar-refractivity contribution is -0.166. The lowest BCUT2D eigenvalue weighted by atomic mass is 9.75. The van der Waals surface area contributed by atoms with Gasteiger partial charge in [-0.05, 0) is 36.7 Å². The predicted octanol–water partition coefficient (Wildman–Crippen LogP) is 2.42.